The second kappa shape index (κ2) is 13.5. The Hall–Kier alpha value is -0.480. The topological polar surface area (TPSA) is 12.0 Å². The molecule has 0 aromatic carbocycles. The summed E-state index contributed by atoms with van der Waals surface area (Å²) in [6, 6.07) is 0. The van der Waals surface area contributed by atoms with Crippen LogP contribution in [0.1, 0.15) is 65.2 Å². The summed E-state index contributed by atoms with van der Waals surface area (Å²) in [7, 11) is 0. The van der Waals surface area contributed by atoms with Crippen molar-refractivity contribution in [3.63, 3.8) is 0 Å². The molecule has 0 fully saturated rings. The van der Waals surface area contributed by atoms with Crippen molar-refractivity contribution in [2.24, 2.45) is 0 Å². The molecule has 1 nitrogen and oxygen atoms in total. The van der Waals surface area contributed by atoms with Gasteiger partial charge in [0.05, 0.1) is 0 Å². The van der Waals surface area contributed by atoms with Crippen LogP contribution in [0, 0.1) is 11.8 Å². The van der Waals surface area contributed by atoms with Crippen LogP contribution in [-0.2, 0) is 0 Å². The number of unbranched alkanes of at least 4 members (excludes halogenated alkanes) is 6. The first-order valence-corrected chi connectivity index (χ1v) is 6.52. The molecule has 0 saturated heterocycles. The molecule has 0 bridgehead atoms. The minimum absolute atomic E-state index is 0.993. The normalized spacial score (nSPS) is 9.73. The highest BCUT2D eigenvalue weighted by atomic mass is 14.8. The maximum Gasteiger partial charge on any atom is 0.0214 e. The summed E-state index contributed by atoms with van der Waals surface area (Å²) in [5.41, 5.74) is 0. The fourth-order valence-electron chi connectivity index (χ4n) is 1.61. The highest BCUT2D eigenvalue weighted by Gasteiger charge is 1.90. The second-order valence-electron chi connectivity index (χ2n) is 4.05. The molecule has 0 saturated carbocycles. The van der Waals surface area contributed by atoms with Crippen LogP contribution in [0.25, 0.3) is 0 Å². The van der Waals surface area contributed by atoms with E-state index in [4.69, 9.17) is 0 Å². The molecule has 15 heavy (non-hydrogen) atoms. The van der Waals surface area contributed by atoms with Crippen LogP contribution < -0.4 is 5.32 Å². The third kappa shape index (κ3) is 13.5. The quantitative estimate of drug-likeness (QED) is 0.427. The summed E-state index contributed by atoms with van der Waals surface area (Å²) in [5.74, 6) is 5.97. The van der Waals surface area contributed by atoms with Crippen molar-refractivity contribution in [3.8, 4) is 11.8 Å². The van der Waals surface area contributed by atoms with Crippen LogP contribution in [0.3, 0.4) is 0 Å². The van der Waals surface area contributed by atoms with Gasteiger partial charge < -0.3 is 5.32 Å². The fourth-order valence-corrected chi connectivity index (χ4v) is 1.61. The lowest BCUT2D eigenvalue weighted by Gasteiger charge is -2.02. The van der Waals surface area contributed by atoms with E-state index >= 15 is 0 Å². The fraction of sp³-hybridized carbons (Fsp3) is 0.857. The highest BCUT2D eigenvalue weighted by Crippen LogP contribution is 2.06. The van der Waals surface area contributed by atoms with Gasteiger partial charge in [0.25, 0.3) is 0 Å². The summed E-state index contributed by atoms with van der Waals surface area (Å²) in [6.45, 7) is 6.38. The third-order valence-electron chi connectivity index (χ3n) is 2.56. The lowest BCUT2D eigenvalue weighted by Crippen LogP contribution is -2.16. The first-order valence-electron chi connectivity index (χ1n) is 6.52. The maximum atomic E-state index is 3.42. The number of rotatable bonds is 10. The van der Waals surface area contributed by atoms with Crippen molar-refractivity contribution >= 4 is 0 Å². The third-order valence-corrected chi connectivity index (χ3v) is 2.56. The molecule has 0 atom stereocenters. The summed E-state index contributed by atoms with van der Waals surface area (Å²) in [5, 5.41) is 3.42. The first-order chi connectivity index (χ1) is 7.41. The van der Waals surface area contributed by atoms with Crippen molar-refractivity contribution in [2.75, 3.05) is 13.1 Å². The highest BCUT2D eigenvalue weighted by molar-refractivity contribution is 4.94. The molecule has 0 aromatic rings. The van der Waals surface area contributed by atoms with Crippen molar-refractivity contribution in [1.82, 2.24) is 5.32 Å². The molecule has 1 heteroatoms. The maximum absolute atomic E-state index is 3.42. The molecule has 0 aliphatic heterocycles. The van der Waals surface area contributed by atoms with Gasteiger partial charge in [-0.25, -0.2) is 0 Å². The molecule has 0 heterocycles. The van der Waals surface area contributed by atoms with Gasteiger partial charge in [0.1, 0.15) is 0 Å². The van der Waals surface area contributed by atoms with E-state index in [0.717, 1.165) is 13.0 Å². The predicted octanol–water partition coefficient (Wildman–Crippen LogP) is 3.74. The van der Waals surface area contributed by atoms with E-state index in [2.05, 4.69) is 24.1 Å². The van der Waals surface area contributed by atoms with E-state index in [1.54, 1.807) is 0 Å². The van der Waals surface area contributed by atoms with Gasteiger partial charge in [0.15, 0.2) is 0 Å². The van der Waals surface area contributed by atoms with Crippen LogP contribution >= 0.6 is 0 Å². The van der Waals surface area contributed by atoms with E-state index < -0.39 is 0 Å². The number of nitrogens with one attached hydrogen (secondary N) is 1. The van der Waals surface area contributed by atoms with Gasteiger partial charge >= 0.3 is 0 Å². The predicted molar refractivity (Wildman–Crippen MR) is 68.9 cm³/mol. The minimum atomic E-state index is 0.993. The van der Waals surface area contributed by atoms with Crippen LogP contribution in [-0.4, -0.2) is 13.1 Å². The Kier molecular flexibility index (Phi) is 13.1. The molecule has 0 aliphatic rings. The standard InChI is InChI=1S/C14H27N/c1-3-5-7-8-9-10-12-14-15-13-11-6-4-2/h15H,3,5,7-14H2,1-2H3. The Bertz CT molecular complexity index is 164. The molecule has 0 radical (unpaired) electrons. The largest absolute Gasteiger partial charge is 0.316 e. The van der Waals surface area contributed by atoms with Crippen molar-refractivity contribution in [1.29, 1.82) is 0 Å². The van der Waals surface area contributed by atoms with Gasteiger partial charge in [0.2, 0.25) is 0 Å². The Labute approximate surface area is 96.0 Å². The lowest BCUT2D eigenvalue weighted by atomic mass is 10.1. The summed E-state index contributed by atoms with van der Waals surface area (Å²) in [6.07, 6.45) is 10.7. The first kappa shape index (κ1) is 14.5. The van der Waals surface area contributed by atoms with Gasteiger partial charge in [0, 0.05) is 13.0 Å². The molecule has 0 spiro atoms. The van der Waals surface area contributed by atoms with Crippen LogP contribution in [0.2, 0.25) is 0 Å². The van der Waals surface area contributed by atoms with Gasteiger partial charge in [-0.3, -0.25) is 0 Å². The smallest absolute Gasteiger partial charge is 0.0214 e. The van der Waals surface area contributed by atoms with E-state index in [9.17, 15) is 0 Å². The van der Waals surface area contributed by atoms with Crippen LogP contribution in [0.5, 0.6) is 0 Å². The zero-order valence-corrected chi connectivity index (χ0v) is 10.6. The minimum Gasteiger partial charge on any atom is -0.316 e. The molecule has 0 aromatic heterocycles. The van der Waals surface area contributed by atoms with Gasteiger partial charge in [-0.15, -0.1) is 11.8 Å². The lowest BCUT2D eigenvalue weighted by molar-refractivity contribution is 0.565. The van der Waals surface area contributed by atoms with Crippen LogP contribution in [0.15, 0.2) is 0 Å². The average molecular weight is 209 g/mol. The van der Waals surface area contributed by atoms with E-state index in [-0.39, 0.29) is 0 Å². The molecule has 0 rings (SSSR count). The van der Waals surface area contributed by atoms with Crippen LogP contribution in [0.4, 0.5) is 0 Å². The Balaban J connectivity index is 2.88. The molecule has 88 valence electrons. The monoisotopic (exact) mass is 209 g/mol. The second-order valence-corrected chi connectivity index (χ2v) is 4.05. The zero-order chi connectivity index (χ0) is 11.2. The number of hydrogen-bond donors (Lipinski definition) is 1. The summed E-state index contributed by atoms with van der Waals surface area (Å²) in [4.78, 5) is 0. The Morgan fingerprint density at radius 1 is 0.867 bits per heavy atom. The van der Waals surface area contributed by atoms with E-state index in [1.807, 2.05) is 6.92 Å². The van der Waals surface area contributed by atoms with Gasteiger partial charge in [-0.2, -0.15) is 0 Å². The number of hydrogen-bond acceptors (Lipinski definition) is 1. The summed E-state index contributed by atoms with van der Waals surface area (Å²) >= 11 is 0. The molecular formula is C14H27N. The average Bonchev–Trinajstić information content (AvgIpc) is 2.26. The van der Waals surface area contributed by atoms with E-state index in [1.165, 1.54) is 51.5 Å². The van der Waals surface area contributed by atoms with E-state index in [0.29, 0.717) is 0 Å². The SMILES string of the molecule is CC#CCCNCCCCCCCCC. The molecule has 0 aliphatic carbocycles. The van der Waals surface area contributed by atoms with Crippen molar-refractivity contribution < 1.29 is 0 Å². The molecule has 0 amide bonds. The Morgan fingerprint density at radius 2 is 1.53 bits per heavy atom. The van der Waals surface area contributed by atoms with Gasteiger partial charge in [-0.05, 0) is 19.9 Å². The zero-order valence-electron chi connectivity index (χ0n) is 10.6. The molecule has 1 N–H and O–H groups in total. The summed E-state index contributed by atoms with van der Waals surface area (Å²) < 4.78 is 0. The van der Waals surface area contributed by atoms with Gasteiger partial charge in [-0.1, -0.05) is 45.4 Å². The van der Waals surface area contributed by atoms with Crippen molar-refractivity contribution in [2.45, 2.75) is 65.2 Å². The Morgan fingerprint density at radius 3 is 2.20 bits per heavy atom. The van der Waals surface area contributed by atoms with Crippen molar-refractivity contribution in [3.05, 3.63) is 0 Å². The molecule has 0 unspecified atom stereocenters. The molecular weight excluding hydrogens is 182 g/mol.